The molecule has 0 atom stereocenters. The third kappa shape index (κ3) is 5.21. The van der Waals surface area contributed by atoms with E-state index in [-0.39, 0.29) is 11.2 Å². The molecule has 0 aromatic heterocycles. The maximum absolute atomic E-state index is 11.8. The highest BCUT2D eigenvalue weighted by atomic mass is 16.1. The number of ketones is 1. The lowest BCUT2D eigenvalue weighted by atomic mass is 9.82. The summed E-state index contributed by atoms with van der Waals surface area (Å²) in [6.45, 7) is 10.4. The van der Waals surface area contributed by atoms with E-state index >= 15 is 0 Å². The van der Waals surface area contributed by atoms with Gasteiger partial charge in [0, 0.05) is 5.41 Å². The quantitative estimate of drug-likeness (QED) is 0.587. The van der Waals surface area contributed by atoms with Gasteiger partial charge in [-0.15, -0.1) is 0 Å². The summed E-state index contributed by atoms with van der Waals surface area (Å²) in [5, 5.41) is 0. The van der Waals surface area contributed by atoms with Gasteiger partial charge in [0.25, 0.3) is 0 Å². The fourth-order valence-corrected chi connectivity index (χ4v) is 1.25. The molecule has 0 aliphatic carbocycles. The summed E-state index contributed by atoms with van der Waals surface area (Å²) in [4.78, 5) is 11.8. The van der Waals surface area contributed by atoms with Gasteiger partial charge in [0.05, 0.1) is 0 Å². The monoisotopic (exact) mass is 196 g/mol. The summed E-state index contributed by atoms with van der Waals surface area (Å²) in [5.74, 6) is 0.723. The maximum Gasteiger partial charge on any atom is 0.160 e. The van der Waals surface area contributed by atoms with Crippen LogP contribution in [0, 0.1) is 11.3 Å². The second-order valence-corrected chi connectivity index (χ2v) is 4.95. The molecule has 0 radical (unpaired) electrons. The molecule has 0 fully saturated rings. The van der Waals surface area contributed by atoms with E-state index in [1.807, 2.05) is 19.9 Å². The molecule has 0 heterocycles. The van der Waals surface area contributed by atoms with Crippen LogP contribution in [0.2, 0.25) is 0 Å². The second-order valence-electron chi connectivity index (χ2n) is 4.95. The summed E-state index contributed by atoms with van der Waals surface area (Å²) in [6.07, 6.45) is 7.01. The van der Waals surface area contributed by atoms with Crippen LogP contribution in [0.15, 0.2) is 12.2 Å². The second kappa shape index (κ2) is 6.00. The number of carbonyl (C=O) groups excluding carboxylic acids is 1. The molecule has 0 rings (SSSR count). The van der Waals surface area contributed by atoms with Crippen molar-refractivity contribution in [1.29, 1.82) is 0 Å². The molecule has 0 aliphatic heterocycles. The minimum absolute atomic E-state index is 0.179. The van der Waals surface area contributed by atoms with Gasteiger partial charge in [0.2, 0.25) is 0 Å². The third-order valence-electron chi connectivity index (χ3n) is 2.45. The molecule has 0 bridgehead atoms. The van der Waals surface area contributed by atoms with Crippen molar-refractivity contribution in [3.05, 3.63) is 12.2 Å². The molecule has 0 amide bonds. The van der Waals surface area contributed by atoms with Gasteiger partial charge in [-0.1, -0.05) is 53.5 Å². The van der Waals surface area contributed by atoms with E-state index in [0.717, 1.165) is 19.3 Å². The summed E-state index contributed by atoms with van der Waals surface area (Å²) in [7, 11) is 0. The van der Waals surface area contributed by atoms with E-state index in [4.69, 9.17) is 0 Å². The highest BCUT2D eigenvalue weighted by Crippen LogP contribution is 2.25. The van der Waals surface area contributed by atoms with Crippen LogP contribution in [-0.2, 0) is 4.79 Å². The maximum atomic E-state index is 11.8. The number of rotatable bonds is 6. The Morgan fingerprint density at radius 3 is 2.36 bits per heavy atom. The first-order chi connectivity index (χ1) is 6.40. The van der Waals surface area contributed by atoms with E-state index in [2.05, 4.69) is 20.8 Å². The lowest BCUT2D eigenvalue weighted by Crippen LogP contribution is -2.22. The molecule has 0 aromatic carbocycles. The largest absolute Gasteiger partial charge is 0.294 e. The summed E-state index contributed by atoms with van der Waals surface area (Å²) in [6, 6.07) is 0. The molecule has 1 nitrogen and oxygen atoms in total. The molecule has 0 saturated carbocycles. The average molecular weight is 196 g/mol. The van der Waals surface area contributed by atoms with Crippen LogP contribution in [-0.4, -0.2) is 5.78 Å². The predicted molar refractivity (Wildman–Crippen MR) is 62.3 cm³/mol. The van der Waals surface area contributed by atoms with Crippen LogP contribution in [0.1, 0.15) is 53.9 Å². The van der Waals surface area contributed by atoms with Crippen molar-refractivity contribution in [3.8, 4) is 0 Å². The van der Waals surface area contributed by atoms with Gasteiger partial charge in [-0.25, -0.2) is 0 Å². The van der Waals surface area contributed by atoms with Gasteiger partial charge < -0.3 is 0 Å². The van der Waals surface area contributed by atoms with Crippen LogP contribution < -0.4 is 0 Å². The van der Waals surface area contributed by atoms with Gasteiger partial charge in [-0.3, -0.25) is 4.79 Å². The number of carbonyl (C=O) groups is 1. The fraction of sp³-hybridized carbons (Fsp3) is 0.769. The van der Waals surface area contributed by atoms with Crippen LogP contribution in [0.3, 0.4) is 0 Å². The van der Waals surface area contributed by atoms with Crippen molar-refractivity contribution in [2.24, 2.45) is 11.3 Å². The summed E-state index contributed by atoms with van der Waals surface area (Å²) >= 11 is 0. The van der Waals surface area contributed by atoms with Gasteiger partial charge >= 0.3 is 0 Å². The minimum atomic E-state index is -0.179. The summed E-state index contributed by atoms with van der Waals surface area (Å²) in [5.41, 5.74) is -0.179. The third-order valence-corrected chi connectivity index (χ3v) is 2.45. The van der Waals surface area contributed by atoms with Crippen LogP contribution >= 0.6 is 0 Å². The van der Waals surface area contributed by atoms with Crippen LogP contribution in [0.4, 0.5) is 0 Å². The Hall–Kier alpha value is -0.590. The zero-order chi connectivity index (χ0) is 11.2. The first-order valence-electron chi connectivity index (χ1n) is 5.62. The standard InChI is InChI=1S/C13H24O/c1-6-7-10-13(4,5)12(14)9-8-11(2)3/h8-9,11H,6-7,10H2,1-5H3. The highest BCUT2D eigenvalue weighted by Gasteiger charge is 2.24. The molecule has 14 heavy (non-hydrogen) atoms. The minimum Gasteiger partial charge on any atom is -0.294 e. The molecule has 0 aliphatic rings. The Bertz CT molecular complexity index is 199. The van der Waals surface area contributed by atoms with Gasteiger partial charge in [0.15, 0.2) is 5.78 Å². The molecule has 1 heteroatoms. The van der Waals surface area contributed by atoms with Gasteiger partial charge in [-0.05, 0) is 18.4 Å². The molecule has 0 unspecified atom stereocenters. The van der Waals surface area contributed by atoms with Crippen molar-refractivity contribution in [2.45, 2.75) is 53.9 Å². The molecule has 0 N–H and O–H groups in total. The molecular weight excluding hydrogens is 172 g/mol. The van der Waals surface area contributed by atoms with Crippen molar-refractivity contribution in [1.82, 2.24) is 0 Å². The Balaban J connectivity index is 4.20. The molecule has 0 saturated heterocycles. The van der Waals surface area contributed by atoms with Crippen molar-refractivity contribution in [3.63, 3.8) is 0 Å². The normalized spacial score (nSPS) is 12.7. The molecule has 82 valence electrons. The Morgan fingerprint density at radius 2 is 1.93 bits per heavy atom. The molecular formula is C13H24O. The van der Waals surface area contributed by atoms with E-state index in [1.165, 1.54) is 0 Å². The molecule has 0 aromatic rings. The Labute approximate surface area is 88.6 Å². The van der Waals surface area contributed by atoms with Crippen molar-refractivity contribution < 1.29 is 4.79 Å². The van der Waals surface area contributed by atoms with E-state index in [1.54, 1.807) is 6.08 Å². The van der Waals surface area contributed by atoms with E-state index < -0.39 is 0 Å². The van der Waals surface area contributed by atoms with Crippen molar-refractivity contribution >= 4 is 5.78 Å². The fourth-order valence-electron chi connectivity index (χ4n) is 1.25. The number of unbranched alkanes of at least 4 members (excludes halogenated alkanes) is 1. The van der Waals surface area contributed by atoms with Gasteiger partial charge in [-0.2, -0.15) is 0 Å². The first-order valence-corrected chi connectivity index (χ1v) is 5.62. The summed E-state index contributed by atoms with van der Waals surface area (Å²) < 4.78 is 0. The van der Waals surface area contributed by atoms with E-state index in [0.29, 0.717) is 5.92 Å². The van der Waals surface area contributed by atoms with Gasteiger partial charge in [0.1, 0.15) is 0 Å². The number of allylic oxidation sites excluding steroid dienone is 2. The predicted octanol–water partition coefficient (Wildman–Crippen LogP) is 3.98. The average Bonchev–Trinajstić information content (AvgIpc) is 2.10. The van der Waals surface area contributed by atoms with Crippen LogP contribution in [0.5, 0.6) is 0 Å². The smallest absolute Gasteiger partial charge is 0.160 e. The lowest BCUT2D eigenvalue weighted by molar-refractivity contribution is -0.122. The number of hydrogen-bond donors (Lipinski definition) is 0. The Morgan fingerprint density at radius 1 is 1.36 bits per heavy atom. The number of hydrogen-bond acceptors (Lipinski definition) is 1. The molecule has 0 spiro atoms. The highest BCUT2D eigenvalue weighted by molar-refractivity contribution is 5.94. The first kappa shape index (κ1) is 13.4. The van der Waals surface area contributed by atoms with Crippen molar-refractivity contribution in [2.75, 3.05) is 0 Å². The topological polar surface area (TPSA) is 17.1 Å². The SMILES string of the molecule is CCCCC(C)(C)C(=O)C=CC(C)C. The van der Waals surface area contributed by atoms with Crippen LogP contribution in [0.25, 0.3) is 0 Å². The van der Waals surface area contributed by atoms with E-state index in [9.17, 15) is 4.79 Å². The zero-order valence-corrected chi connectivity index (χ0v) is 10.3. The zero-order valence-electron chi connectivity index (χ0n) is 10.3. The lowest BCUT2D eigenvalue weighted by Gasteiger charge is -2.20. The Kier molecular flexibility index (Phi) is 5.75.